The number of hydrogen-bond donors (Lipinski definition) is 0. The molecule has 0 atom stereocenters. The van der Waals surface area contributed by atoms with Crippen LogP contribution in [-0.2, 0) is 13.0 Å². The lowest BCUT2D eigenvalue weighted by Gasteiger charge is -2.05. The van der Waals surface area contributed by atoms with Crippen LogP contribution < -0.4 is 0 Å². The molecule has 21 heavy (non-hydrogen) atoms. The third kappa shape index (κ3) is 2.79. The number of ketones is 1. The van der Waals surface area contributed by atoms with E-state index in [9.17, 15) is 4.79 Å². The molecule has 106 valence electrons. The lowest BCUT2D eigenvalue weighted by molar-refractivity contribution is 0.0973. The van der Waals surface area contributed by atoms with Crippen LogP contribution in [0.25, 0.3) is 10.9 Å². The average molecular weight is 342 g/mol. The number of aromatic nitrogens is 1. The van der Waals surface area contributed by atoms with Crippen molar-refractivity contribution in [2.75, 3.05) is 0 Å². The van der Waals surface area contributed by atoms with Crippen LogP contribution >= 0.6 is 15.9 Å². The minimum absolute atomic E-state index is 0.130. The van der Waals surface area contributed by atoms with Crippen LogP contribution in [0.1, 0.15) is 22.8 Å². The molecule has 1 heterocycles. The van der Waals surface area contributed by atoms with E-state index in [4.69, 9.17) is 0 Å². The molecule has 0 spiro atoms. The van der Waals surface area contributed by atoms with E-state index in [0.29, 0.717) is 6.54 Å². The summed E-state index contributed by atoms with van der Waals surface area (Å²) in [4.78, 5) is 12.4. The standard InChI is InChI=1S/C18H16BrNO/c1-2-13-7-9-14(10-8-13)18(21)12-20-11-16(19)15-5-3-4-6-17(15)20/h3-11H,2,12H2,1H3. The molecule has 2 nitrogen and oxygen atoms in total. The Morgan fingerprint density at radius 3 is 2.52 bits per heavy atom. The van der Waals surface area contributed by atoms with Crippen molar-refractivity contribution in [3.8, 4) is 0 Å². The molecule has 1 aromatic heterocycles. The van der Waals surface area contributed by atoms with E-state index in [2.05, 4.69) is 28.9 Å². The zero-order chi connectivity index (χ0) is 14.8. The van der Waals surface area contributed by atoms with Crippen LogP contribution in [0.2, 0.25) is 0 Å². The molecule has 3 aromatic rings. The molecule has 3 rings (SSSR count). The van der Waals surface area contributed by atoms with Gasteiger partial charge in [-0.05, 0) is 34.0 Å². The Bertz CT molecular complexity index is 787. The number of para-hydroxylation sites is 1. The van der Waals surface area contributed by atoms with Gasteiger partial charge in [0.15, 0.2) is 5.78 Å². The molecule has 0 aliphatic carbocycles. The topological polar surface area (TPSA) is 22.0 Å². The normalized spacial score (nSPS) is 11.0. The summed E-state index contributed by atoms with van der Waals surface area (Å²) in [6.07, 6.45) is 2.96. The van der Waals surface area contributed by atoms with Crippen molar-refractivity contribution in [3.05, 3.63) is 70.3 Å². The quantitative estimate of drug-likeness (QED) is 0.621. The minimum Gasteiger partial charge on any atom is -0.338 e. The summed E-state index contributed by atoms with van der Waals surface area (Å²) in [5, 5.41) is 1.13. The second kappa shape index (κ2) is 5.86. The van der Waals surface area contributed by atoms with Gasteiger partial charge in [0, 0.05) is 27.1 Å². The first kappa shape index (κ1) is 14.1. The van der Waals surface area contributed by atoms with E-state index in [1.807, 2.05) is 53.2 Å². The first-order chi connectivity index (χ1) is 10.2. The summed E-state index contributed by atoms with van der Waals surface area (Å²) in [6, 6.07) is 16.0. The SMILES string of the molecule is CCc1ccc(C(=O)Cn2cc(Br)c3ccccc32)cc1. The Kier molecular flexibility index (Phi) is 3.93. The summed E-state index contributed by atoms with van der Waals surface area (Å²) in [5.41, 5.74) is 3.09. The van der Waals surface area contributed by atoms with Crippen molar-refractivity contribution >= 4 is 32.6 Å². The molecule has 0 radical (unpaired) electrons. The fourth-order valence-electron chi connectivity index (χ4n) is 2.51. The van der Waals surface area contributed by atoms with Gasteiger partial charge < -0.3 is 4.57 Å². The Balaban J connectivity index is 1.89. The maximum absolute atomic E-state index is 12.4. The smallest absolute Gasteiger partial charge is 0.182 e. The lowest BCUT2D eigenvalue weighted by atomic mass is 10.1. The highest BCUT2D eigenvalue weighted by atomic mass is 79.9. The molecule has 3 heteroatoms. The van der Waals surface area contributed by atoms with Gasteiger partial charge in [-0.15, -0.1) is 0 Å². The number of fused-ring (bicyclic) bond motifs is 1. The van der Waals surface area contributed by atoms with Crippen LogP contribution in [0.4, 0.5) is 0 Å². The molecular formula is C18H16BrNO. The molecule has 0 aliphatic heterocycles. The molecule has 0 fully saturated rings. The first-order valence-electron chi connectivity index (χ1n) is 7.04. The predicted molar refractivity (Wildman–Crippen MR) is 89.8 cm³/mol. The molecule has 0 N–H and O–H groups in total. The van der Waals surface area contributed by atoms with Crippen LogP contribution in [0.15, 0.2) is 59.2 Å². The number of Topliss-reactive ketones (excluding diaryl/α,β-unsaturated/α-hetero) is 1. The highest BCUT2D eigenvalue weighted by Gasteiger charge is 2.11. The van der Waals surface area contributed by atoms with Crippen molar-refractivity contribution in [1.29, 1.82) is 0 Å². The van der Waals surface area contributed by atoms with Crippen LogP contribution in [0.3, 0.4) is 0 Å². The zero-order valence-electron chi connectivity index (χ0n) is 11.8. The summed E-state index contributed by atoms with van der Waals surface area (Å²) in [7, 11) is 0. The fraction of sp³-hybridized carbons (Fsp3) is 0.167. The number of aryl methyl sites for hydroxylation is 1. The van der Waals surface area contributed by atoms with Gasteiger partial charge in [-0.2, -0.15) is 0 Å². The van der Waals surface area contributed by atoms with Gasteiger partial charge in [-0.1, -0.05) is 49.4 Å². The Morgan fingerprint density at radius 2 is 1.81 bits per heavy atom. The molecular weight excluding hydrogens is 326 g/mol. The number of halogens is 1. The van der Waals surface area contributed by atoms with Gasteiger partial charge in [0.05, 0.1) is 6.54 Å². The zero-order valence-corrected chi connectivity index (χ0v) is 13.4. The minimum atomic E-state index is 0.130. The molecule has 2 aromatic carbocycles. The third-order valence-electron chi connectivity index (χ3n) is 3.74. The summed E-state index contributed by atoms with van der Waals surface area (Å²) >= 11 is 3.55. The summed E-state index contributed by atoms with van der Waals surface area (Å²) in [6.45, 7) is 2.47. The number of carbonyl (C=O) groups is 1. The number of nitrogens with zero attached hydrogens (tertiary/aromatic N) is 1. The maximum atomic E-state index is 12.4. The van der Waals surface area contributed by atoms with Crippen LogP contribution in [-0.4, -0.2) is 10.4 Å². The van der Waals surface area contributed by atoms with E-state index in [-0.39, 0.29) is 5.78 Å². The average Bonchev–Trinajstić information content (AvgIpc) is 2.84. The lowest BCUT2D eigenvalue weighted by Crippen LogP contribution is -2.09. The Labute approximate surface area is 132 Å². The second-order valence-corrected chi connectivity index (χ2v) is 5.95. The third-order valence-corrected chi connectivity index (χ3v) is 4.37. The number of hydrogen-bond acceptors (Lipinski definition) is 1. The van der Waals surface area contributed by atoms with E-state index in [0.717, 1.165) is 27.4 Å². The number of rotatable bonds is 4. The number of carbonyl (C=O) groups excluding carboxylic acids is 1. The van der Waals surface area contributed by atoms with Gasteiger partial charge in [0.1, 0.15) is 0 Å². The highest BCUT2D eigenvalue weighted by Crippen LogP contribution is 2.26. The largest absolute Gasteiger partial charge is 0.338 e. The molecule has 0 unspecified atom stereocenters. The Morgan fingerprint density at radius 1 is 1.10 bits per heavy atom. The predicted octanol–water partition coefficient (Wildman–Crippen LogP) is 4.85. The van der Waals surface area contributed by atoms with Crippen molar-refractivity contribution in [1.82, 2.24) is 4.57 Å². The van der Waals surface area contributed by atoms with Crippen LogP contribution in [0, 0.1) is 0 Å². The van der Waals surface area contributed by atoms with E-state index in [1.54, 1.807) is 0 Å². The maximum Gasteiger partial charge on any atom is 0.182 e. The van der Waals surface area contributed by atoms with Crippen molar-refractivity contribution in [2.45, 2.75) is 19.9 Å². The van der Waals surface area contributed by atoms with Crippen molar-refractivity contribution < 1.29 is 4.79 Å². The van der Waals surface area contributed by atoms with Crippen LogP contribution in [0.5, 0.6) is 0 Å². The number of benzene rings is 2. The molecule has 0 aliphatic rings. The molecule has 0 bridgehead atoms. The van der Waals surface area contributed by atoms with Gasteiger partial charge in [0.25, 0.3) is 0 Å². The van der Waals surface area contributed by atoms with Gasteiger partial charge in [0.2, 0.25) is 0 Å². The van der Waals surface area contributed by atoms with Gasteiger partial charge in [-0.25, -0.2) is 0 Å². The molecule has 0 amide bonds. The van der Waals surface area contributed by atoms with E-state index >= 15 is 0 Å². The van der Waals surface area contributed by atoms with E-state index in [1.165, 1.54) is 5.56 Å². The van der Waals surface area contributed by atoms with E-state index < -0.39 is 0 Å². The molecule has 0 saturated heterocycles. The summed E-state index contributed by atoms with van der Waals surface area (Å²) in [5.74, 6) is 0.130. The first-order valence-corrected chi connectivity index (χ1v) is 7.84. The monoisotopic (exact) mass is 341 g/mol. The summed E-state index contributed by atoms with van der Waals surface area (Å²) < 4.78 is 3.02. The van der Waals surface area contributed by atoms with Crippen molar-refractivity contribution in [2.24, 2.45) is 0 Å². The Hall–Kier alpha value is -1.87. The fourth-order valence-corrected chi connectivity index (χ4v) is 3.09. The van der Waals surface area contributed by atoms with Crippen molar-refractivity contribution in [3.63, 3.8) is 0 Å². The molecule has 0 saturated carbocycles. The second-order valence-electron chi connectivity index (χ2n) is 5.10. The highest BCUT2D eigenvalue weighted by molar-refractivity contribution is 9.10. The van der Waals surface area contributed by atoms with Gasteiger partial charge >= 0.3 is 0 Å². The van der Waals surface area contributed by atoms with Gasteiger partial charge in [-0.3, -0.25) is 4.79 Å².